The van der Waals surface area contributed by atoms with Gasteiger partial charge in [0.25, 0.3) is 0 Å². The van der Waals surface area contributed by atoms with E-state index in [2.05, 4.69) is 10.1 Å². The Balaban J connectivity index is 1.57. The lowest BCUT2D eigenvalue weighted by Crippen LogP contribution is -2.09. The highest BCUT2D eigenvalue weighted by molar-refractivity contribution is 6.31. The van der Waals surface area contributed by atoms with Crippen molar-refractivity contribution < 1.29 is 9.53 Å². The first-order valence-corrected chi connectivity index (χ1v) is 7.70. The van der Waals surface area contributed by atoms with Gasteiger partial charge in [-0.25, -0.2) is 9.78 Å². The first-order chi connectivity index (χ1) is 11.1. The van der Waals surface area contributed by atoms with Gasteiger partial charge in [-0.15, -0.1) is 0 Å². The molecule has 0 saturated heterocycles. The Bertz CT molecular complexity index is 845. The van der Waals surface area contributed by atoms with Gasteiger partial charge in [0, 0.05) is 23.7 Å². The molecule has 2 aromatic heterocycles. The van der Waals surface area contributed by atoms with Gasteiger partial charge in [0.2, 0.25) is 0 Å². The summed E-state index contributed by atoms with van der Waals surface area (Å²) in [6.45, 7) is 0.350. The van der Waals surface area contributed by atoms with Crippen molar-refractivity contribution in [2.75, 3.05) is 6.61 Å². The van der Waals surface area contributed by atoms with Gasteiger partial charge < -0.3 is 4.74 Å². The Morgan fingerprint density at radius 2 is 2.13 bits per heavy atom. The molecule has 118 valence electrons. The van der Waals surface area contributed by atoms with Crippen LogP contribution in [0.3, 0.4) is 0 Å². The largest absolute Gasteiger partial charge is 0.461 e. The van der Waals surface area contributed by atoms with Crippen molar-refractivity contribution in [2.24, 2.45) is 7.05 Å². The number of halogens is 1. The van der Waals surface area contributed by atoms with Crippen molar-refractivity contribution in [1.29, 1.82) is 0 Å². The summed E-state index contributed by atoms with van der Waals surface area (Å²) in [7, 11) is 1.88. The van der Waals surface area contributed by atoms with E-state index < -0.39 is 5.97 Å². The van der Waals surface area contributed by atoms with Crippen molar-refractivity contribution in [3.05, 3.63) is 59.0 Å². The number of hydrogen-bond acceptors (Lipinski definition) is 4. The van der Waals surface area contributed by atoms with E-state index in [4.69, 9.17) is 16.3 Å². The average Bonchev–Trinajstić information content (AvgIpc) is 2.96. The van der Waals surface area contributed by atoms with Crippen LogP contribution in [0.5, 0.6) is 0 Å². The summed E-state index contributed by atoms with van der Waals surface area (Å²) in [6.07, 6.45) is 5.34. The van der Waals surface area contributed by atoms with Crippen molar-refractivity contribution in [3.8, 4) is 0 Å². The van der Waals surface area contributed by atoms with Crippen LogP contribution in [-0.2, 0) is 18.2 Å². The number of aryl methyl sites for hydroxylation is 2. The minimum Gasteiger partial charge on any atom is -0.461 e. The zero-order valence-corrected chi connectivity index (χ0v) is 13.5. The standard InChI is InChI=1S/C17H16ClN3O2/c1-21-11-12(10-19-21)3-2-8-23-17(22)15-7-5-13-4-6-14(18)9-16(13)20-15/h4-7,9-11H,2-3,8H2,1H3. The molecule has 3 aromatic rings. The number of ether oxygens (including phenoxy) is 1. The SMILES string of the molecule is Cn1cc(CCCOC(=O)c2ccc3ccc(Cl)cc3n2)cn1. The van der Waals surface area contributed by atoms with E-state index >= 15 is 0 Å². The van der Waals surface area contributed by atoms with Gasteiger partial charge in [0.05, 0.1) is 18.3 Å². The topological polar surface area (TPSA) is 57.0 Å². The third-order valence-corrected chi connectivity index (χ3v) is 3.70. The number of hydrogen-bond donors (Lipinski definition) is 0. The number of rotatable bonds is 5. The fourth-order valence-electron chi connectivity index (χ4n) is 2.32. The second kappa shape index (κ2) is 6.79. The van der Waals surface area contributed by atoms with Crippen LogP contribution in [-0.4, -0.2) is 27.3 Å². The smallest absolute Gasteiger partial charge is 0.356 e. The summed E-state index contributed by atoms with van der Waals surface area (Å²) < 4.78 is 7.03. The molecule has 0 aliphatic heterocycles. The molecule has 0 N–H and O–H groups in total. The van der Waals surface area contributed by atoms with Gasteiger partial charge in [-0.2, -0.15) is 5.10 Å². The third-order valence-electron chi connectivity index (χ3n) is 3.46. The van der Waals surface area contributed by atoms with E-state index in [1.54, 1.807) is 22.9 Å². The first-order valence-electron chi connectivity index (χ1n) is 7.33. The molecule has 0 saturated carbocycles. The fraction of sp³-hybridized carbons (Fsp3) is 0.235. The number of esters is 1. The summed E-state index contributed by atoms with van der Waals surface area (Å²) >= 11 is 5.95. The maximum atomic E-state index is 12.1. The molecule has 0 spiro atoms. The van der Waals surface area contributed by atoms with Crippen LogP contribution in [0.15, 0.2) is 42.7 Å². The second-order valence-corrected chi connectivity index (χ2v) is 5.73. The highest BCUT2D eigenvalue weighted by Gasteiger charge is 2.10. The normalized spacial score (nSPS) is 10.9. The van der Waals surface area contributed by atoms with E-state index in [1.165, 1.54) is 0 Å². The van der Waals surface area contributed by atoms with Crippen LogP contribution in [0.25, 0.3) is 10.9 Å². The third kappa shape index (κ3) is 3.87. The monoisotopic (exact) mass is 329 g/mol. The predicted molar refractivity (Wildman–Crippen MR) is 88.6 cm³/mol. The lowest BCUT2D eigenvalue weighted by molar-refractivity contribution is 0.0494. The number of carbonyl (C=O) groups is 1. The zero-order valence-electron chi connectivity index (χ0n) is 12.7. The molecular formula is C17H16ClN3O2. The summed E-state index contributed by atoms with van der Waals surface area (Å²) in [5.74, 6) is -0.418. The molecule has 0 bridgehead atoms. The Kier molecular flexibility index (Phi) is 4.57. The molecule has 0 radical (unpaired) electrons. The number of carbonyl (C=O) groups excluding carboxylic acids is 1. The van der Waals surface area contributed by atoms with Crippen LogP contribution in [0.2, 0.25) is 5.02 Å². The zero-order chi connectivity index (χ0) is 16.2. The Morgan fingerprint density at radius 3 is 2.91 bits per heavy atom. The number of aromatic nitrogens is 3. The minimum atomic E-state index is -0.418. The maximum Gasteiger partial charge on any atom is 0.356 e. The molecule has 0 atom stereocenters. The molecule has 0 aliphatic rings. The summed E-state index contributed by atoms with van der Waals surface area (Å²) in [5.41, 5.74) is 2.10. The lowest BCUT2D eigenvalue weighted by atomic mass is 10.2. The van der Waals surface area contributed by atoms with Gasteiger partial charge in [-0.05, 0) is 36.6 Å². The van der Waals surface area contributed by atoms with Crippen LogP contribution < -0.4 is 0 Å². The van der Waals surface area contributed by atoms with Gasteiger partial charge in [-0.1, -0.05) is 23.7 Å². The van der Waals surface area contributed by atoms with E-state index in [0.29, 0.717) is 22.8 Å². The van der Waals surface area contributed by atoms with Gasteiger partial charge in [-0.3, -0.25) is 4.68 Å². The molecule has 6 heteroatoms. The quantitative estimate of drug-likeness (QED) is 0.531. The predicted octanol–water partition coefficient (Wildman–Crippen LogP) is 3.41. The summed E-state index contributed by atoms with van der Waals surface area (Å²) in [6, 6.07) is 8.90. The Hall–Kier alpha value is -2.40. The molecule has 0 fully saturated rings. The Morgan fingerprint density at radius 1 is 1.30 bits per heavy atom. The van der Waals surface area contributed by atoms with Crippen molar-refractivity contribution in [1.82, 2.24) is 14.8 Å². The van der Waals surface area contributed by atoms with Crippen molar-refractivity contribution in [3.63, 3.8) is 0 Å². The minimum absolute atomic E-state index is 0.293. The molecule has 0 unspecified atom stereocenters. The fourth-order valence-corrected chi connectivity index (χ4v) is 2.49. The molecule has 1 aromatic carbocycles. The van der Waals surface area contributed by atoms with Gasteiger partial charge >= 0.3 is 5.97 Å². The second-order valence-electron chi connectivity index (χ2n) is 5.30. The molecule has 23 heavy (non-hydrogen) atoms. The van der Waals surface area contributed by atoms with E-state index in [9.17, 15) is 4.79 Å². The number of benzene rings is 1. The van der Waals surface area contributed by atoms with E-state index in [1.807, 2.05) is 31.6 Å². The molecule has 3 rings (SSSR count). The molecule has 0 aliphatic carbocycles. The van der Waals surface area contributed by atoms with Crippen LogP contribution >= 0.6 is 11.6 Å². The van der Waals surface area contributed by atoms with Crippen molar-refractivity contribution >= 4 is 28.5 Å². The molecule has 5 nitrogen and oxygen atoms in total. The van der Waals surface area contributed by atoms with Crippen LogP contribution in [0.4, 0.5) is 0 Å². The van der Waals surface area contributed by atoms with Crippen molar-refractivity contribution in [2.45, 2.75) is 12.8 Å². The average molecular weight is 330 g/mol. The number of fused-ring (bicyclic) bond motifs is 1. The molecule has 2 heterocycles. The first kappa shape index (κ1) is 15.5. The van der Waals surface area contributed by atoms with E-state index in [-0.39, 0.29) is 0 Å². The molecule has 0 amide bonds. The van der Waals surface area contributed by atoms with Gasteiger partial charge in [0.1, 0.15) is 5.69 Å². The van der Waals surface area contributed by atoms with E-state index in [0.717, 1.165) is 23.8 Å². The summed E-state index contributed by atoms with van der Waals surface area (Å²) in [4.78, 5) is 16.4. The highest BCUT2D eigenvalue weighted by Crippen LogP contribution is 2.18. The van der Waals surface area contributed by atoms with Gasteiger partial charge in [0.15, 0.2) is 0 Å². The highest BCUT2D eigenvalue weighted by atomic mass is 35.5. The van der Waals surface area contributed by atoms with Crippen LogP contribution in [0.1, 0.15) is 22.5 Å². The summed E-state index contributed by atoms with van der Waals surface area (Å²) in [5, 5.41) is 5.62. The molecular weight excluding hydrogens is 314 g/mol. The number of nitrogens with zero attached hydrogens (tertiary/aromatic N) is 3. The number of pyridine rings is 1. The Labute approximate surface area is 138 Å². The van der Waals surface area contributed by atoms with Crippen LogP contribution in [0, 0.1) is 0 Å². The maximum absolute atomic E-state index is 12.1. The lowest BCUT2D eigenvalue weighted by Gasteiger charge is -2.05.